The van der Waals surface area contributed by atoms with Crippen LogP contribution < -0.4 is 25.7 Å². The molecule has 1 aliphatic heterocycles. The summed E-state index contributed by atoms with van der Waals surface area (Å²) >= 11 is 0. The first-order valence-corrected chi connectivity index (χ1v) is 12.0. The average Bonchev–Trinajstić information content (AvgIpc) is 3.33. The van der Waals surface area contributed by atoms with Gasteiger partial charge in [0, 0.05) is 36.4 Å². The average molecular weight is 454 g/mol. The maximum absolute atomic E-state index is 12.1. The van der Waals surface area contributed by atoms with Gasteiger partial charge in [-0.1, -0.05) is 19.8 Å². The fourth-order valence-corrected chi connectivity index (χ4v) is 5.06. The van der Waals surface area contributed by atoms with E-state index in [1.165, 1.54) is 32.0 Å². The van der Waals surface area contributed by atoms with Crippen molar-refractivity contribution in [1.82, 2.24) is 15.3 Å². The summed E-state index contributed by atoms with van der Waals surface area (Å²) in [7, 11) is 2.68. The van der Waals surface area contributed by atoms with Crippen molar-refractivity contribution in [3.63, 3.8) is 0 Å². The number of nitrogens with one attached hydrogen (secondary N) is 3. The van der Waals surface area contributed by atoms with Crippen molar-refractivity contribution in [3.05, 3.63) is 30.0 Å². The normalized spacial score (nSPS) is 18.4. The molecular formula is C23H32N7OP. The molecule has 1 aromatic heterocycles. The standard InChI is InChI=1S/C23H32N7OP/c1-3-16-13-29(14-24)19-12-26-23(28-21(19)30(16)17-7-5-6-8-17)27-18-10-9-15(11-20(18)32)22(31)25-4-2/h9-12,14,16-17,24H,3-8,13,32H2,1-2H3,(H,25,31)(H,26,27,28). The van der Waals surface area contributed by atoms with E-state index < -0.39 is 0 Å². The Morgan fingerprint density at radius 2 is 2.09 bits per heavy atom. The highest BCUT2D eigenvalue weighted by atomic mass is 31.0. The third kappa shape index (κ3) is 4.42. The van der Waals surface area contributed by atoms with E-state index in [0.29, 0.717) is 30.1 Å². The second-order valence-corrected chi connectivity index (χ2v) is 9.00. The first kappa shape index (κ1) is 22.5. The summed E-state index contributed by atoms with van der Waals surface area (Å²) < 4.78 is 0. The number of benzene rings is 1. The van der Waals surface area contributed by atoms with Crippen LogP contribution in [-0.4, -0.2) is 47.4 Å². The number of aromatic nitrogens is 2. The molecule has 3 N–H and O–H groups in total. The molecule has 0 spiro atoms. The third-order valence-electron chi connectivity index (χ3n) is 6.35. The molecule has 2 aromatic rings. The van der Waals surface area contributed by atoms with E-state index in [9.17, 15) is 4.79 Å². The molecule has 0 radical (unpaired) electrons. The van der Waals surface area contributed by atoms with Crippen molar-refractivity contribution in [3.8, 4) is 0 Å². The molecule has 0 bridgehead atoms. The summed E-state index contributed by atoms with van der Waals surface area (Å²) in [4.78, 5) is 26.0. The summed E-state index contributed by atoms with van der Waals surface area (Å²) in [6.07, 6.45) is 9.08. The van der Waals surface area contributed by atoms with Crippen LogP contribution >= 0.6 is 9.24 Å². The van der Waals surface area contributed by atoms with Crippen molar-refractivity contribution in [2.45, 2.75) is 58.0 Å². The number of anilines is 4. The zero-order valence-electron chi connectivity index (χ0n) is 18.8. The molecule has 2 aliphatic rings. The maximum Gasteiger partial charge on any atom is 0.251 e. The summed E-state index contributed by atoms with van der Waals surface area (Å²) in [5.41, 5.74) is 2.34. The van der Waals surface area contributed by atoms with Gasteiger partial charge in [-0.25, -0.2) is 4.98 Å². The number of rotatable bonds is 7. The van der Waals surface area contributed by atoms with Gasteiger partial charge in [-0.05, 0) is 49.7 Å². The van der Waals surface area contributed by atoms with Gasteiger partial charge in [0.25, 0.3) is 5.91 Å². The van der Waals surface area contributed by atoms with E-state index in [0.717, 1.165) is 35.5 Å². The second-order valence-electron chi connectivity index (χ2n) is 8.38. The molecule has 2 atom stereocenters. The minimum atomic E-state index is -0.0858. The van der Waals surface area contributed by atoms with Gasteiger partial charge in [0.05, 0.1) is 12.5 Å². The molecule has 2 heterocycles. The Balaban J connectivity index is 1.65. The van der Waals surface area contributed by atoms with E-state index in [2.05, 4.69) is 36.7 Å². The predicted molar refractivity (Wildman–Crippen MR) is 134 cm³/mol. The lowest BCUT2D eigenvalue weighted by atomic mass is 10.0. The molecule has 2 unspecified atom stereocenters. The maximum atomic E-state index is 12.1. The van der Waals surface area contributed by atoms with Crippen LogP contribution in [0.1, 0.15) is 56.3 Å². The van der Waals surface area contributed by atoms with Gasteiger partial charge >= 0.3 is 0 Å². The Labute approximate surface area is 191 Å². The van der Waals surface area contributed by atoms with Gasteiger partial charge in [0.2, 0.25) is 5.95 Å². The SMILES string of the molecule is CCNC(=O)c1ccc(Nc2ncc3c(n2)N(C2CCCC2)C(CC)CN3C=N)c(P)c1. The lowest BCUT2D eigenvalue weighted by Crippen LogP contribution is -2.52. The van der Waals surface area contributed by atoms with Gasteiger partial charge in [0.1, 0.15) is 5.69 Å². The van der Waals surface area contributed by atoms with Crippen molar-refractivity contribution in [2.24, 2.45) is 0 Å². The lowest BCUT2D eigenvalue weighted by molar-refractivity contribution is 0.0956. The molecule has 9 heteroatoms. The van der Waals surface area contributed by atoms with E-state index in [4.69, 9.17) is 10.4 Å². The third-order valence-corrected chi connectivity index (χ3v) is 6.83. The van der Waals surface area contributed by atoms with Crippen molar-refractivity contribution in [2.75, 3.05) is 28.2 Å². The highest BCUT2D eigenvalue weighted by Crippen LogP contribution is 2.39. The summed E-state index contributed by atoms with van der Waals surface area (Å²) in [6.45, 7) is 5.49. The molecule has 170 valence electrons. The van der Waals surface area contributed by atoms with E-state index in [1.54, 1.807) is 6.07 Å². The fourth-order valence-electron chi connectivity index (χ4n) is 4.71. The predicted octanol–water partition coefficient (Wildman–Crippen LogP) is 3.42. The van der Waals surface area contributed by atoms with Gasteiger partial charge in [-0.3, -0.25) is 10.2 Å². The molecule has 1 amide bonds. The lowest BCUT2D eigenvalue weighted by Gasteiger charge is -2.44. The van der Waals surface area contributed by atoms with Crippen LogP contribution in [0.25, 0.3) is 0 Å². The first-order valence-electron chi connectivity index (χ1n) is 11.4. The zero-order valence-corrected chi connectivity index (χ0v) is 19.9. The molecule has 1 aliphatic carbocycles. The van der Waals surface area contributed by atoms with Crippen molar-refractivity contribution >= 4 is 49.9 Å². The molecule has 1 saturated carbocycles. The Kier molecular flexibility index (Phi) is 6.89. The Hall–Kier alpha value is -2.73. The number of nitrogens with zero attached hydrogens (tertiary/aromatic N) is 4. The smallest absolute Gasteiger partial charge is 0.251 e. The molecule has 32 heavy (non-hydrogen) atoms. The van der Waals surface area contributed by atoms with Crippen LogP contribution in [0.15, 0.2) is 24.4 Å². The van der Waals surface area contributed by atoms with Crippen LogP contribution in [0.3, 0.4) is 0 Å². The molecular weight excluding hydrogens is 421 g/mol. The number of amides is 1. The van der Waals surface area contributed by atoms with Gasteiger partial charge < -0.3 is 20.4 Å². The number of fused-ring (bicyclic) bond motifs is 1. The largest absolute Gasteiger partial charge is 0.352 e. The minimum absolute atomic E-state index is 0.0858. The topological polar surface area (TPSA) is 97.2 Å². The number of hydrogen-bond acceptors (Lipinski definition) is 6. The number of hydrogen-bond donors (Lipinski definition) is 3. The van der Waals surface area contributed by atoms with Crippen LogP contribution in [0.4, 0.5) is 23.1 Å². The molecule has 1 fully saturated rings. The highest BCUT2D eigenvalue weighted by molar-refractivity contribution is 7.28. The van der Waals surface area contributed by atoms with Crippen molar-refractivity contribution < 1.29 is 4.79 Å². The molecule has 8 nitrogen and oxygen atoms in total. The van der Waals surface area contributed by atoms with Crippen LogP contribution in [0.5, 0.6) is 0 Å². The number of carbonyl (C=O) groups excluding carboxylic acids is 1. The first-order chi connectivity index (χ1) is 15.5. The molecule has 1 aromatic carbocycles. The molecule has 0 saturated heterocycles. The second kappa shape index (κ2) is 9.82. The summed E-state index contributed by atoms with van der Waals surface area (Å²) in [6, 6.07) is 6.33. The zero-order chi connectivity index (χ0) is 22.7. The van der Waals surface area contributed by atoms with E-state index >= 15 is 0 Å². The van der Waals surface area contributed by atoms with Gasteiger partial charge in [-0.15, -0.1) is 9.24 Å². The van der Waals surface area contributed by atoms with Crippen LogP contribution in [0, 0.1) is 5.41 Å². The quantitative estimate of drug-likeness (QED) is 0.338. The monoisotopic (exact) mass is 453 g/mol. The Morgan fingerprint density at radius 3 is 2.75 bits per heavy atom. The van der Waals surface area contributed by atoms with Crippen LogP contribution in [-0.2, 0) is 0 Å². The minimum Gasteiger partial charge on any atom is -0.352 e. The molecule has 4 rings (SSSR count). The van der Waals surface area contributed by atoms with Crippen LogP contribution in [0.2, 0.25) is 0 Å². The Bertz CT molecular complexity index is 992. The van der Waals surface area contributed by atoms with Gasteiger partial charge in [0.15, 0.2) is 5.82 Å². The fraction of sp³-hybridized carbons (Fsp3) is 0.478. The van der Waals surface area contributed by atoms with Crippen molar-refractivity contribution in [1.29, 1.82) is 5.41 Å². The summed E-state index contributed by atoms with van der Waals surface area (Å²) in [5, 5.41) is 14.9. The highest BCUT2D eigenvalue weighted by Gasteiger charge is 2.36. The van der Waals surface area contributed by atoms with E-state index in [1.807, 2.05) is 30.2 Å². The Morgan fingerprint density at radius 1 is 1.31 bits per heavy atom. The van der Waals surface area contributed by atoms with Gasteiger partial charge in [-0.2, -0.15) is 4.98 Å². The summed E-state index contributed by atoms with van der Waals surface area (Å²) in [5.74, 6) is 1.33. The number of carbonyl (C=O) groups is 1. The van der Waals surface area contributed by atoms with E-state index in [-0.39, 0.29) is 5.91 Å².